The second kappa shape index (κ2) is 8.19. The van der Waals surface area contributed by atoms with E-state index < -0.39 is 0 Å². The summed E-state index contributed by atoms with van der Waals surface area (Å²) in [6, 6.07) is 32.7. The Balaban J connectivity index is 1.84. The summed E-state index contributed by atoms with van der Waals surface area (Å²) in [6.45, 7) is 0. The monoisotopic (exact) mass is 396 g/mol. The van der Waals surface area contributed by atoms with Crippen LogP contribution in [0, 0.1) is 29.5 Å². The Morgan fingerprint density at radius 2 is 0.903 bits per heavy atom. The summed E-state index contributed by atoms with van der Waals surface area (Å²) in [5.74, 6) is 12.7. The zero-order chi connectivity index (χ0) is 21.0. The molecule has 0 saturated heterocycles. The quantitative estimate of drug-likeness (QED) is 0.197. The first-order valence-corrected chi connectivity index (χ1v) is 10.1. The molecule has 0 fully saturated rings. The van der Waals surface area contributed by atoms with Gasteiger partial charge in [0.25, 0.3) is 0 Å². The summed E-state index contributed by atoms with van der Waals surface area (Å²) in [7, 11) is 0. The van der Waals surface area contributed by atoms with E-state index >= 15 is 4.39 Å². The normalized spacial score (nSPS) is 10.2. The standard InChI is InChI=1S/C30H17F/c31-29-17-9-16-27-26(20-18-22-10-3-1-4-11-22)24-14-7-8-15-25(24)28(30(27)29)21-19-23-12-5-2-6-13-23/h1-17H. The molecule has 0 heterocycles. The van der Waals surface area contributed by atoms with E-state index in [4.69, 9.17) is 0 Å². The van der Waals surface area contributed by atoms with Crippen molar-refractivity contribution in [2.24, 2.45) is 0 Å². The fourth-order valence-corrected chi connectivity index (χ4v) is 3.76. The van der Waals surface area contributed by atoms with Gasteiger partial charge in [0, 0.05) is 33.0 Å². The Kier molecular flexibility index (Phi) is 4.94. The van der Waals surface area contributed by atoms with Crippen molar-refractivity contribution in [2.45, 2.75) is 0 Å². The van der Waals surface area contributed by atoms with Gasteiger partial charge in [-0.3, -0.25) is 0 Å². The van der Waals surface area contributed by atoms with E-state index in [9.17, 15) is 0 Å². The maximum Gasteiger partial charge on any atom is 0.132 e. The predicted molar refractivity (Wildman–Crippen MR) is 126 cm³/mol. The van der Waals surface area contributed by atoms with Crippen LogP contribution in [-0.4, -0.2) is 0 Å². The van der Waals surface area contributed by atoms with E-state index in [1.54, 1.807) is 6.07 Å². The van der Waals surface area contributed by atoms with Crippen molar-refractivity contribution >= 4 is 21.5 Å². The van der Waals surface area contributed by atoms with Crippen LogP contribution in [0.15, 0.2) is 103 Å². The van der Waals surface area contributed by atoms with Gasteiger partial charge in [0.1, 0.15) is 5.82 Å². The van der Waals surface area contributed by atoms with E-state index in [1.165, 1.54) is 6.07 Å². The Bertz CT molecular complexity index is 1520. The molecule has 0 nitrogen and oxygen atoms in total. The second-order valence-electron chi connectivity index (χ2n) is 7.19. The van der Waals surface area contributed by atoms with Crippen molar-refractivity contribution in [3.63, 3.8) is 0 Å². The zero-order valence-corrected chi connectivity index (χ0v) is 16.7. The molecule has 0 unspecified atom stereocenters. The van der Waals surface area contributed by atoms with E-state index in [2.05, 4.69) is 23.7 Å². The number of halogens is 1. The van der Waals surface area contributed by atoms with E-state index in [0.29, 0.717) is 10.9 Å². The van der Waals surface area contributed by atoms with Crippen molar-refractivity contribution < 1.29 is 4.39 Å². The van der Waals surface area contributed by atoms with Gasteiger partial charge in [-0.05, 0) is 41.1 Å². The highest BCUT2D eigenvalue weighted by Crippen LogP contribution is 2.33. The summed E-state index contributed by atoms with van der Waals surface area (Å²) < 4.78 is 15.1. The van der Waals surface area contributed by atoms with Gasteiger partial charge in [0.05, 0.1) is 0 Å². The SMILES string of the molecule is Fc1cccc2c(C#Cc3ccccc3)c3ccccc3c(C#Cc3ccccc3)c12. The molecule has 0 amide bonds. The highest BCUT2D eigenvalue weighted by Gasteiger charge is 2.14. The second-order valence-corrected chi connectivity index (χ2v) is 7.19. The summed E-state index contributed by atoms with van der Waals surface area (Å²) in [6.07, 6.45) is 0. The van der Waals surface area contributed by atoms with Crippen molar-refractivity contribution in [1.29, 1.82) is 0 Å². The Morgan fingerprint density at radius 3 is 1.52 bits per heavy atom. The first-order chi connectivity index (χ1) is 15.3. The Hall–Kier alpha value is -4.33. The fourth-order valence-electron chi connectivity index (χ4n) is 3.76. The van der Waals surface area contributed by atoms with Gasteiger partial charge < -0.3 is 0 Å². The molecule has 0 N–H and O–H groups in total. The van der Waals surface area contributed by atoms with Gasteiger partial charge >= 0.3 is 0 Å². The Labute approximate surface area is 181 Å². The molecular formula is C30H17F. The fraction of sp³-hybridized carbons (Fsp3) is 0. The number of benzene rings is 5. The molecule has 5 aromatic carbocycles. The molecule has 0 atom stereocenters. The summed E-state index contributed by atoms with van der Waals surface area (Å²) >= 11 is 0. The van der Waals surface area contributed by atoms with Crippen LogP contribution in [0.25, 0.3) is 21.5 Å². The average molecular weight is 396 g/mol. The van der Waals surface area contributed by atoms with Crippen LogP contribution in [0.2, 0.25) is 0 Å². The lowest BCUT2D eigenvalue weighted by Crippen LogP contribution is -1.93. The first-order valence-electron chi connectivity index (χ1n) is 10.1. The molecule has 0 radical (unpaired) electrons. The highest BCUT2D eigenvalue weighted by molar-refractivity contribution is 6.10. The predicted octanol–water partition coefficient (Wildman–Crippen LogP) is 6.93. The Morgan fingerprint density at radius 1 is 0.419 bits per heavy atom. The maximum absolute atomic E-state index is 15.1. The third-order valence-electron chi connectivity index (χ3n) is 5.21. The van der Waals surface area contributed by atoms with Crippen molar-refractivity contribution in [3.05, 3.63) is 131 Å². The van der Waals surface area contributed by atoms with Crippen LogP contribution in [0.1, 0.15) is 22.3 Å². The maximum atomic E-state index is 15.1. The lowest BCUT2D eigenvalue weighted by Gasteiger charge is -2.11. The van der Waals surface area contributed by atoms with Gasteiger partial charge in [0.15, 0.2) is 0 Å². The minimum Gasteiger partial charge on any atom is -0.206 e. The molecule has 5 aromatic rings. The average Bonchev–Trinajstić information content (AvgIpc) is 2.83. The van der Waals surface area contributed by atoms with Crippen molar-refractivity contribution in [1.82, 2.24) is 0 Å². The van der Waals surface area contributed by atoms with Crippen LogP contribution in [0.5, 0.6) is 0 Å². The molecule has 144 valence electrons. The lowest BCUT2D eigenvalue weighted by atomic mass is 9.91. The molecule has 5 rings (SSSR count). The van der Waals surface area contributed by atoms with Crippen LogP contribution >= 0.6 is 0 Å². The molecule has 0 aliphatic heterocycles. The summed E-state index contributed by atoms with van der Waals surface area (Å²) in [5.41, 5.74) is 3.32. The van der Waals surface area contributed by atoms with Crippen molar-refractivity contribution in [2.75, 3.05) is 0 Å². The highest BCUT2D eigenvalue weighted by atomic mass is 19.1. The topological polar surface area (TPSA) is 0 Å². The molecule has 0 spiro atoms. The number of hydrogen-bond acceptors (Lipinski definition) is 0. The summed E-state index contributed by atoms with van der Waals surface area (Å²) in [4.78, 5) is 0. The molecule has 0 aliphatic rings. The molecule has 0 aliphatic carbocycles. The van der Waals surface area contributed by atoms with Crippen LogP contribution in [0.3, 0.4) is 0 Å². The van der Waals surface area contributed by atoms with E-state index in [1.807, 2.05) is 91.0 Å². The lowest BCUT2D eigenvalue weighted by molar-refractivity contribution is 0.640. The summed E-state index contributed by atoms with van der Waals surface area (Å²) in [5, 5.41) is 3.17. The third-order valence-corrected chi connectivity index (χ3v) is 5.21. The van der Waals surface area contributed by atoms with E-state index in [0.717, 1.165) is 32.8 Å². The molecular weight excluding hydrogens is 379 g/mol. The van der Waals surface area contributed by atoms with Crippen LogP contribution in [0.4, 0.5) is 4.39 Å². The molecule has 0 saturated carbocycles. The van der Waals surface area contributed by atoms with Gasteiger partial charge in [-0.1, -0.05) is 96.5 Å². The van der Waals surface area contributed by atoms with Gasteiger partial charge in [0.2, 0.25) is 0 Å². The van der Waals surface area contributed by atoms with Crippen molar-refractivity contribution in [3.8, 4) is 23.7 Å². The van der Waals surface area contributed by atoms with E-state index in [-0.39, 0.29) is 5.82 Å². The molecule has 1 heteroatoms. The number of fused-ring (bicyclic) bond motifs is 2. The molecule has 0 aromatic heterocycles. The molecule has 31 heavy (non-hydrogen) atoms. The minimum absolute atomic E-state index is 0.289. The van der Waals surface area contributed by atoms with Gasteiger partial charge in [-0.2, -0.15) is 0 Å². The van der Waals surface area contributed by atoms with Crippen LogP contribution in [-0.2, 0) is 0 Å². The first kappa shape index (κ1) is 18.7. The largest absolute Gasteiger partial charge is 0.206 e. The smallest absolute Gasteiger partial charge is 0.132 e. The zero-order valence-electron chi connectivity index (χ0n) is 16.7. The van der Waals surface area contributed by atoms with Gasteiger partial charge in [-0.25, -0.2) is 4.39 Å². The number of hydrogen-bond donors (Lipinski definition) is 0. The number of rotatable bonds is 0. The minimum atomic E-state index is -0.289. The van der Waals surface area contributed by atoms with Gasteiger partial charge in [-0.15, -0.1) is 0 Å². The van der Waals surface area contributed by atoms with Crippen LogP contribution < -0.4 is 0 Å². The molecule has 0 bridgehead atoms. The third kappa shape index (κ3) is 3.66.